The highest BCUT2D eigenvalue weighted by atomic mass is 16.5. The van der Waals surface area contributed by atoms with Crippen LogP contribution in [0.5, 0.6) is 17.4 Å². The first-order valence-corrected chi connectivity index (χ1v) is 10.1. The Morgan fingerprint density at radius 2 is 1.93 bits per heavy atom. The molecule has 1 atom stereocenters. The van der Waals surface area contributed by atoms with E-state index in [2.05, 4.69) is 20.8 Å². The second-order valence-electron chi connectivity index (χ2n) is 7.50. The van der Waals surface area contributed by atoms with E-state index in [1.807, 2.05) is 42.2 Å². The number of carbonyl (C=O) groups excluding carboxylic acids is 1. The van der Waals surface area contributed by atoms with Gasteiger partial charge in [-0.1, -0.05) is 6.07 Å². The molecule has 2 aliphatic heterocycles. The molecular formula is C21H27N5O3. The van der Waals surface area contributed by atoms with Gasteiger partial charge < -0.3 is 14.4 Å². The summed E-state index contributed by atoms with van der Waals surface area (Å²) in [6.07, 6.45) is 2.55. The van der Waals surface area contributed by atoms with Crippen molar-refractivity contribution in [3.63, 3.8) is 0 Å². The molecule has 1 unspecified atom stereocenters. The van der Waals surface area contributed by atoms with Gasteiger partial charge in [0.05, 0.1) is 7.11 Å². The van der Waals surface area contributed by atoms with Crippen molar-refractivity contribution in [2.45, 2.75) is 38.1 Å². The van der Waals surface area contributed by atoms with E-state index < -0.39 is 0 Å². The summed E-state index contributed by atoms with van der Waals surface area (Å²) in [6, 6.07) is 9.17. The largest absolute Gasteiger partial charge is 0.497 e. The summed E-state index contributed by atoms with van der Waals surface area (Å²) in [4.78, 5) is 23.8. The number of rotatable bonds is 5. The van der Waals surface area contributed by atoms with Crippen LogP contribution in [0.1, 0.15) is 36.7 Å². The van der Waals surface area contributed by atoms with Gasteiger partial charge in [0.2, 0.25) is 11.8 Å². The third kappa shape index (κ3) is 4.65. The van der Waals surface area contributed by atoms with Crippen LogP contribution in [0.3, 0.4) is 0 Å². The number of hydrazine groups is 1. The minimum atomic E-state index is -0.107. The van der Waals surface area contributed by atoms with E-state index in [9.17, 15) is 4.79 Å². The average Bonchev–Trinajstić information content (AvgIpc) is 3.28. The van der Waals surface area contributed by atoms with Gasteiger partial charge in [0, 0.05) is 43.4 Å². The molecule has 1 aromatic heterocycles. The maximum Gasteiger partial charge on any atom is 0.241 e. The van der Waals surface area contributed by atoms with Crippen molar-refractivity contribution in [3.8, 4) is 17.4 Å². The Balaban J connectivity index is 1.42. The zero-order chi connectivity index (χ0) is 20.2. The summed E-state index contributed by atoms with van der Waals surface area (Å²) in [5.74, 6) is 3.13. The summed E-state index contributed by atoms with van der Waals surface area (Å²) in [6.45, 7) is 4.23. The molecule has 0 saturated carbocycles. The molecule has 0 aliphatic carbocycles. The van der Waals surface area contributed by atoms with E-state index >= 15 is 0 Å². The molecule has 2 aliphatic rings. The topological polar surface area (TPSA) is 88.6 Å². The summed E-state index contributed by atoms with van der Waals surface area (Å²) >= 11 is 0. The lowest BCUT2D eigenvalue weighted by molar-refractivity contribution is -0.134. The number of hydrogen-bond donors (Lipinski definition) is 2. The minimum absolute atomic E-state index is 0.107. The number of methoxy groups -OCH3 is 1. The van der Waals surface area contributed by atoms with Crippen LogP contribution in [0.15, 0.2) is 30.3 Å². The van der Waals surface area contributed by atoms with E-state index in [0.717, 1.165) is 56.2 Å². The van der Waals surface area contributed by atoms with Crippen molar-refractivity contribution in [2.75, 3.05) is 26.7 Å². The summed E-state index contributed by atoms with van der Waals surface area (Å²) in [7, 11) is 1.63. The summed E-state index contributed by atoms with van der Waals surface area (Å²) in [5.41, 5.74) is 6.95. The molecule has 2 aromatic rings. The van der Waals surface area contributed by atoms with Gasteiger partial charge in [0.1, 0.15) is 23.4 Å². The molecule has 2 fully saturated rings. The Morgan fingerprint density at radius 3 is 2.66 bits per heavy atom. The molecule has 0 spiro atoms. The van der Waals surface area contributed by atoms with Crippen LogP contribution < -0.4 is 20.3 Å². The molecule has 8 nitrogen and oxygen atoms in total. The molecule has 2 N–H and O–H groups in total. The van der Waals surface area contributed by atoms with Gasteiger partial charge in [-0.3, -0.25) is 10.2 Å². The number of aryl methyl sites for hydroxylation is 1. The number of nitrogens with zero attached hydrogens (tertiary/aromatic N) is 3. The number of piperidine rings is 1. The van der Waals surface area contributed by atoms with Gasteiger partial charge in [-0.25, -0.2) is 10.4 Å². The normalized spacial score (nSPS) is 19.9. The Bertz CT molecular complexity index is 861. The number of ether oxygens (including phenoxy) is 2. The maximum atomic E-state index is 12.6. The van der Waals surface area contributed by atoms with Crippen LogP contribution in [-0.2, 0) is 4.79 Å². The Morgan fingerprint density at radius 1 is 1.14 bits per heavy atom. The van der Waals surface area contributed by atoms with E-state index in [0.29, 0.717) is 11.6 Å². The van der Waals surface area contributed by atoms with Crippen molar-refractivity contribution in [1.82, 2.24) is 25.7 Å². The molecular weight excluding hydrogens is 370 g/mol. The minimum Gasteiger partial charge on any atom is -0.497 e. The fraction of sp³-hybridized carbons (Fsp3) is 0.476. The highest BCUT2D eigenvalue weighted by molar-refractivity contribution is 5.82. The number of likely N-dealkylation sites (tertiary alicyclic amines) is 1. The van der Waals surface area contributed by atoms with Crippen molar-refractivity contribution in [3.05, 3.63) is 41.9 Å². The second-order valence-corrected chi connectivity index (χ2v) is 7.50. The summed E-state index contributed by atoms with van der Waals surface area (Å²) < 4.78 is 11.2. The summed E-state index contributed by atoms with van der Waals surface area (Å²) in [5, 5.41) is 0. The first kappa shape index (κ1) is 19.6. The predicted molar refractivity (Wildman–Crippen MR) is 108 cm³/mol. The molecule has 2 saturated heterocycles. The van der Waals surface area contributed by atoms with Crippen LogP contribution in [-0.4, -0.2) is 53.6 Å². The molecule has 3 heterocycles. The highest BCUT2D eigenvalue weighted by Crippen LogP contribution is 2.29. The first-order chi connectivity index (χ1) is 14.1. The molecule has 1 aromatic carbocycles. The fourth-order valence-corrected chi connectivity index (χ4v) is 3.83. The van der Waals surface area contributed by atoms with Gasteiger partial charge in [-0.05, 0) is 38.3 Å². The van der Waals surface area contributed by atoms with Crippen LogP contribution >= 0.6 is 0 Å². The standard InChI is InChI=1S/C21H27N5O3/c1-14-12-19(29-17-5-3-4-16(13-17)28-2)24-20(23-14)15-7-10-26(11-8-15)21(27)18-6-9-22-25-18/h3-5,12-13,15,18,22,25H,6-11H2,1-2H3. The van der Waals surface area contributed by atoms with Crippen LogP contribution in [0.4, 0.5) is 0 Å². The lowest BCUT2D eigenvalue weighted by Gasteiger charge is -2.33. The third-order valence-corrected chi connectivity index (χ3v) is 5.42. The lowest BCUT2D eigenvalue weighted by atomic mass is 9.95. The Hall–Kier alpha value is -2.71. The van der Waals surface area contributed by atoms with Gasteiger partial charge >= 0.3 is 0 Å². The van der Waals surface area contributed by atoms with Gasteiger partial charge in [-0.15, -0.1) is 0 Å². The number of carbonyl (C=O) groups is 1. The molecule has 8 heteroatoms. The van der Waals surface area contributed by atoms with Gasteiger partial charge in [0.25, 0.3) is 0 Å². The van der Waals surface area contributed by atoms with Crippen molar-refractivity contribution >= 4 is 5.91 Å². The lowest BCUT2D eigenvalue weighted by Crippen LogP contribution is -2.48. The van der Waals surface area contributed by atoms with E-state index in [1.165, 1.54) is 0 Å². The number of benzene rings is 1. The zero-order valence-electron chi connectivity index (χ0n) is 16.9. The van der Waals surface area contributed by atoms with Crippen molar-refractivity contribution in [2.24, 2.45) is 0 Å². The fourth-order valence-electron chi connectivity index (χ4n) is 3.83. The van der Waals surface area contributed by atoms with Gasteiger partial charge in [0.15, 0.2) is 0 Å². The SMILES string of the molecule is COc1cccc(Oc2cc(C)nc(C3CCN(C(=O)C4CCNN4)CC3)n2)c1. The van der Waals surface area contributed by atoms with Crippen molar-refractivity contribution in [1.29, 1.82) is 0 Å². The zero-order valence-corrected chi connectivity index (χ0v) is 16.9. The average molecular weight is 397 g/mol. The van der Waals surface area contributed by atoms with Crippen LogP contribution in [0.2, 0.25) is 0 Å². The smallest absolute Gasteiger partial charge is 0.241 e. The Labute approximate surface area is 170 Å². The van der Waals surface area contributed by atoms with E-state index in [1.54, 1.807) is 7.11 Å². The molecule has 1 amide bonds. The van der Waals surface area contributed by atoms with E-state index in [4.69, 9.17) is 9.47 Å². The second kappa shape index (κ2) is 8.75. The van der Waals surface area contributed by atoms with Crippen LogP contribution in [0, 0.1) is 6.92 Å². The number of amides is 1. The number of aromatic nitrogens is 2. The molecule has 154 valence electrons. The Kier molecular flexibility index (Phi) is 5.92. The monoisotopic (exact) mass is 397 g/mol. The number of nitrogens with one attached hydrogen (secondary N) is 2. The van der Waals surface area contributed by atoms with Crippen molar-refractivity contribution < 1.29 is 14.3 Å². The quantitative estimate of drug-likeness (QED) is 0.799. The number of hydrogen-bond acceptors (Lipinski definition) is 7. The third-order valence-electron chi connectivity index (χ3n) is 5.42. The molecule has 0 radical (unpaired) electrons. The van der Waals surface area contributed by atoms with Crippen LogP contribution in [0.25, 0.3) is 0 Å². The first-order valence-electron chi connectivity index (χ1n) is 10.1. The molecule has 0 bridgehead atoms. The molecule has 29 heavy (non-hydrogen) atoms. The van der Waals surface area contributed by atoms with E-state index in [-0.39, 0.29) is 17.9 Å². The maximum absolute atomic E-state index is 12.6. The highest BCUT2D eigenvalue weighted by Gasteiger charge is 2.31. The molecule has 4 rings (SSSR count). The predicted octanol–water partition coefficient (Wildman–Crippen LogP) is 2.16. The van der Waals surface area contributed by atoms with Gasteiger partial charge in [-0.2, -0.15) is 4.98 Å².